The van der Waals surface area contributed by atoms with Gasteiger partial charge in [0.05, 0.1) is 0 Å². The van der Waals surface area contributed by atoms with Crippen LogP contribution < -0.4 is 21.2 Å². The number of hydrogen-bond acceptors (Lipinski definition) is 0. The monoisotopic (exact) mass is 814 g/mol. The van der Waals surface area contributed by atoms with Gasteiger partial charge in [-0.2, -0.15) is 0 Å². The third-order valence-corrected chi connectivity index (χ3v) is 16.4. The van der Waals surface area contributed by atoms with Crippen molar-refractivity contribution in [1.29, 1.82) is 0 Å². The molecule has 0 aliphatic heterocycles. The van der Waals surface area contributed by atoms with Gasteiger partial charge in [-0.3, -0.25) is 0 Å². The van der Waals surface area contributed by atoms with Crippen LogP contribution in [0.4, 0.5) is 0 Å². The van der Waals surface area contributed by atoms with Crippen molar-refractivity contribution < 1.29 is 17.1 Å². The number of rotatable bonds is 8. The molecular formula is C54H48FeP2+2. The maximum absolute atomic E-state index is 2.54. The van der Waals surface area contributed by atoms with Crippen molar-refractivity contribution in [2.45, 2.75) is 51.4 Å². The van der Waals surface area contributed by atoms with Crippen LogP contribution >= 0.6 is 15.8 Å². The maximum Gasteiger partial charge on any atom is 2.00 e. The van der Waals surface area contributed by atoms with Crippen LogP contribution in [0, 0.1) is 59.7 Å². The first-order chi connectivity index (χ1) is 27.8. The van der Waals surface area contributed by atoms with Gasteiger partial charge in [0, 0.05) is 23.2 Å². The molecule has 10 radical (unpaired) electrons. The summed E-state index contributed by atoms with van der Waals surface area (Å²) in [4.78, 5) is 0. The first kappa shape index (κ1) is 40.5. The topological polar surface area (TPSA) is 0 Å². The standard InChI is InChI=1S/2C27H24P.Fe/c2*1-4-12-21(13-5-1)27-25-19-11-10-14-22(25)20-26(27)28(23-15-6-2-7-16-23)24-17-8-3-9-18-24;/h2*1-9,12-13,15-18,20H,10-11,14,19H2;/q;;+2. The average Bonchev–Trinajstić information content (AvgIpc) is 3.85. The molecule has 4 aliphatic carbocycles. The van der Waals surface area contributed by atoms with Gasteiger partial charge in [-0.15, -0.1) is 0 Å². The molecule has 6 aromatic carbocycles. The summed E-state index contributed by atoms with van der Waals surface area (Å²) >= 11 is 0. The Balaban J connectivity index is 0.000000157. The molecular weight excluding hydrogens is 766 g/mol. The van der Waals surface area contributed by atoms with Gasteiger partial charge >= 0.3 is 17.1 Å². The third kappa shape index (κ3) is 9.00. The van der Waals surface area contributed by atoms with Crippen molar-refractivity contribution in [1.82, 2.24) is 0 Å². The minimum absolute atomic E-state index is 0. The molecule has 0 saturated heterocycles. The Morgan fingerprint density at radius 1 is 0.298 bits per heavy atom. The summed E-state index contributed by atoms with van der Waals surface area (Å²) < 4.78 is 0. The van der Waals surface area contributed by atoms with Crippen LogP contribution in [-0.4, -0.2) is 0 Å². The molecule has 57 heavy (non-hydrogen) atoms. The molecule has 10 rings (SSSR count). The molecule has 280 valence electrons. The van der Waals surface area contributed by atoms with Gasteiger partial charge < -0.3 is 0 Å². The zero-order valence-corrected chi connectivity index (χ0v) is 35.3. The maximum atomic E-state index is 2.54. The molecule has 0 unspecified atom stereocenters. The Labute approximate surface area is 356 Å². The molecule has 3 heteroatoms. The summed E-state index contributed by atoms with van der Waals surface area (Å²) in [5.74, 6) is 9.39. The summed E-state index contributed by atoms with van der Waals surface area (Å²) in [6.07, 6.45) is 15.2. The summed E-state index contributed by atoms with van der Waals surface area (Å²) in [5.41, 5.74) is 5.82. The molecule has 0 heterocycles. The predicted molar refractivity (Wildman–Crippen MR) is 241 cm³/mol. The van der Waals surface area contributed by atoms with Crippen LogP contribution in [0.15, 0.2) is 182 Å². The van der Waals surface area contributed by atoms with Gasteiger partial charge in [-0.1, -0.05) is 208 Å². The second-order valence-corrected chi connectivity index (χ2v) is 19.3. The van der Waals surface area contributed by atoms with E-state index in [0.717, 1.165) is 0 Å². The van der Waals surface area contributed by atoms with E-state index < -0.39 is 15.8 Å². The number of benzene rings is 6. The van der Waals surface area contributed by atoms with E-state index in [-0.39, 0.29) is 17.1 Å². The molecule has 0 nitrogen and oxygen atoms in total. The summed E-state index contributed by atoms with van der Waals surface area (Å²) in [5, 5.41) is 5.73. The zero-order valence-electron chi connectivity index (χ0n) is 32.4. The Bertz CT molecular complexity index is 1830. The first-order valence-corrected chi connectivity index (χ1v) is 23.1. The van der Waals surface area contributed by atoms with Crippen LogP contribution in [0.25, 0.3) is 0 Å². The van der Waals surface area contributed by atoms with Crippen LogP contribution in [0.1, 0.15) is 62.5 Å². The third-order valence-electron chi connectivity index (χ3n) is 11.4. The van der Waals surface area contributed by atoms with Crippen molar-refractivity contribution in [2.75, 3.05) is 0 Å². The van der Waals surface area contributed by atoms with Crippen LogP contribution in [0.5, 0.6) is 0 Å². The molecule has 0 N–H and O–H groups in total. The molecule has 0 spiro atoms. The van der Waals surface area contributed by atoms with Crippen molar-refractivity contribution in [3.63, 3.8) is 0 Å². The molecule has 0 bridgehead atoms. The molecule has 4 aliphatic rings. The fourth-order valence-corrected chi connectivity index (χ4v) is 14.0. The van der Waals surface area contributed by atoms with Gasteiger partial charge in [0.2, 0.25) is 0 Å². The van der Waals surface area contributed by atoms with E-state index in [1.807, 2.05) is 0 Å². The predicted octanol–water partition coefficient (Wildman–Crippen LogP) is 12.4. The fraction of sp³-hybridized carbons (Fsp3) is 0.148. The fourth-order valence-electron chi connectivity index (χ4n) is 8.90. The van der Waals surface area contributed by atoms with E-state index in [1.54, 1.807) is 23.7 Å². The van der Waals surface area contributed by atoms with Crippen LogP contribution in [0.2, 0.25) is 0 Å². The molecule has 0 atom stereocenters. The van der Waals surface area contributed by atoms with Crippen LogP contribution in [0.3, 0.4) is 0 Å². The van der Waals surface area contributed by atoms with E-state index in [4.69, 9.17) is 0 Å². The minimum atomic E-state index is -0.569. The Morgan fingerprint density at radius 3 is 0.860 bits per heavy atom. The quantitative estimate of drug-likeness (QED) is 0.106. The van der Waals surface area contributed by atoms with E-state index >= 15 is 0 Å². The van der Waals surface area contributed by atoms with Crippen molar-refractivity contribution in [2.24, 2.45) is 0 Å². The van der Waals surface area contributed by atoms with Gasteiger partial charge in [0.15, 0.2) is 0 Å². The SMILES string of the molecule is [CH]1[C]2CCCC[C]2[C](c2ccccc2)[C]1P(c1ccccc1)c1ccccc1.[CH]1[C]2CCCC[C]2[C](c2ccccc2)[C]1P(c1ccccc1)c1ccccc1.[Fe+2]. The molecule has 0 aromatic heterocycles. The summed E-state index contributed by atoms with van der Waals surface area (Å²) in [6.45, 7) is 0. The molecule has 4 saturated carbocycles. The molecule has 6 aromatic rings. The smallest absolute Gasteiger partial charge is 0.0622 e. The largest absolute Gasteiger partial charge is 2.00 e. The Hall–Kier alpha value is -3.30. The Morgan fingerprint density at radius 2 is 0.561 bits per heavy atom. The van der Waals surface area contributed by atoms with Crippen LogP contribution in [-0.2, 0) is 17.1 Å². The van der Waals surface area contributed by atoms with E-state index in [9.17, 15) is 0 Å². The van der Waals surface area contributed by atoms with Gasteiger partial charge in [-0.05, 0) is 110 Å². The van der Waals surface area contributed by atoms with Crippen molar-refractivity contribution in [3.05, 3.63) is 253 Å². The van der Waals surface area contributed by atoms with E-state index in [1.165, 1.54) is 107 Å². The number of fused-ring (bicyclic) bond motifs is 2. The van der Waals surface area contributed by atoms with Gasteiger partial charge in [-0.25, -0.2) is 0 Å². The summed E-state index contributed by atoms with van der Waals surface area (Å²) in [6, 6.07) is 66.5. The molecule has 0 amide bonds. The minimum Gasteiger partial charge on any atom is -0.0622 e. The normalized spacial score (nSPS) is 18.8. The number of hydrogen-bond donors (Lipinski definition) is 0. The second-order valence-electron chi connectivity index (χ2n) is 15.0. The second kappa shape index (κ2) is 19.6. The van der Waals surface area contributed by atoms with Crippen molar-refractivity contribution in [3.8, 4) is 0 Å². The molecule has 4 fully saturated rings. The van der Waals surface area contributed by atoms with Crippen molar-refractivity contribution >= 4 is 37.1 Å². The van der Waals surface area contributed by atoms with Gasteiger partial charge in [0.25, 0.3) is 0 Å². The van der Waals surface area contributed by atoms with E-state index in [2.05, 4.69) is 195 Å². The van der Waals surface area contributed by atoms with Gasteiger partial charge in [0.1, 0.15) is 0 Å². The van der Waals surface area contributed by atoms with E-state index in [0.29, 0.717) is 0 Å². The Kier molecular flexibility index (Phi) is 13.9. The average molecular weight is 815 g/mol. The first-order valence-electron chi connectivity index (χ1n) is 20.4. The zero-order chi connectivity index (χ0) is 37.5. The summed E-state index contributed by atoms with van der Waals surface area (Å²) in [7, 11) is -1.14.